The second-order valence-electron chi connectivity index (χ2n) is 3.08. The molecule has 126 valence electrons. The molecule has 0 saturated carbocycles. The van der Waals surface area contributed by atoms with Crippen molar-refractivity contribution >= 4 is 23.5 Å². The molecule has 1 aromatic rings. The van der Waals surface area contributed by atoms with Gasteiger partial charge >= 0.3 is 0 Å². The Balaban J connectivity index is -0.000000153. The summed E-state index contributed by atoms with van der Waals surface area (Å²) in [7, 11) is 3.00. The smallest absolute Gasteiger partial charge is 0.240 e. The van der Waals surface area contributed by atoms with E-state index in [1.165, 1.54) is 24.6 Å². The van der Waals surface area contributed by atoms with Gasteiger partial charge in [0.15, 0.2) is 0 Å². The molecule has 0 radical (unpaired) electrons. The lowest BCUT2D eigenvalue weighted by Crippen LogP contribution is -1.73. The molecule has 22 heavy (non-hydrogen) atoms. The first-order chi connectivity index (χ1) is 10.7. The number of aliphatic hydroxyl groups excluding tert-OH is 3. The van der Waals surface area contributed by atoms with Crippen LogP contribution < -0.4 is 0 Å². The first kappa shape index (κ1) is 28.1. The van der Waals surface area contributed by atoms with E-state index in [4.69, 9.17) is 15.3 Å². The second-order valence-corrected chi connectivity index (χ2v) is 3.08. The third-order valence-corrected chi connectivity index (χ3v) is 1.53. The predicted molar refractivity (Wildman–Crippen MR) is 87.1 cm³/mol. The molecule has 7 heteroatoms. The zero-order chi connectivity index (χ0) is 18.4. The van der Waals surface area contributed by atoms with Crippen LogP contribution in [-0.2, 0) is 9.59 Å². The lowest BCUT2D eigenvalue weighted by atomic mass is 10.2. The van der Waals surface area contributed by atoms with E-state index in [1.54, 1.807) is 19.1 Å². The molecule has 7 nitrogen and oxygen atoms in total. The summed E-state index contributed by atoms with van der Waals surface area (Å²) in [4.78, 5) is 26.8. The molecule has 0 atom stereocenters. The van der Waals surface area contributed by atoms with Gasteiger partial charge in [0.05, 0.1) is 11.4 Å². The van der Waals surface area contributed by atoms with Gasteiger partial charge in [-0.15, -0.1) is 0 Å². The maximum Gasteiger partial charge on any atom is 0.240 e. The zero-order valence-electron chi connectivity index (χ0n) is 14.0. The van der Waals surface area contributed by atoms with Crippen LogP contribution in [0.4, 0.5) is 11.4 Å². The number of hydrogen-bond donors (Lipinski definition) is 3. The SMILES string of the molecule is CCC.CO.CO.CO.Cc1ccc(N=C=O)cc1N=C=O. The first-order valence-corrected chi connectivity index (χ1v) is 6.30. The highest BCUT2D eigenvalue weighted by molar-refractivity contribution is 5.61. The van der Waals surface area contributed by atoms with Crippen molar-refractivity contribution in [2.75, 3.05) is 21.3 Å². The van der Waals surface area contributed by atoms with Crippen LogP contribution in [0, 0.1) is 6.92 Å². The van der Waals surface area contributed by atoms with E-state index in [1.807, 2.05) is 0 Å². The molecule has 1 aromatic carbocycles. The molecular formula is C15H26N2O5. The summed E-state index contributed by atoms with van der Waals surface area (Å²) in [5.74, 6) is 0. The van der Waals surface area contributed by atoms with Crippen molar-refractivity contribution in [1.29, 1.82) is 0 Å². The average molecular weight is 314 g/mol. The number of rotatable bonds is 2. The minimum absolute atomic E-state index is 0.426. The topological polar surface area (TPSA) is 120 Å². The van der Waals surface area contributed by atoms with Crippen molar-refractivity contribution in [3.05, 3.63) is 23.8 Å². The minimum Gasteiger partial charge on any atom is -0.400 e. The molecule has 0 unspecified atom stereocenters. The highest BCUT2D eigenvalue weighted by Gasteiger charge is 1.97. The molecule has 0 spiro atoms. The van der Waals surface area contributed by atoms with Crippen molar-refractivity contribution in [1.82, 2.24) is 0 Å². The number of aliphatic hydroxyl groups is 3. The van der Waals surface area contributed by atoms with Gasteiger partial charge < -0.3 is 15.3 Å². The number of carbonyl (C=O) groups excluding carboxylic acids is 2. The molecule has 0 aliphatic rings. The molecule has 0 aliphatic carbocycles. The zero-order valence-corrected chi connectivity index (χ0v) is 14.0. The third-order valence-electron chi connectivity index (χ3n) is 1.53. The van der Waals surface area contributed by atoms with Crippen LogP contribution >= 0.6 is 0 Å². The molecule has 0 heterocycles. The normalized spacial score (nSPS) is 6.59. The molecular weight excluding hydrogens is 288 g/mol. The molecule has 1 rings (SSSR count). The van der Waals surface area contributed by atoms with E-state index in [0.717, 1.165) is 26.9 Å². The summed E-state index contributed by atoms with van der Waals surface area (Å²) in [6.07, 6.45) is 4.09. The van der Waals surface area contributed by atoms with E-state index in [-0.39, 0.29) is 0 Å². The molecule has 0 saturated heterocycles. The van der Waals surface area contributed by atoms with Crippen molar-refractivity contribution in [2.24, 2.45) is 9.98 Å². The third kappa shape index (κ3) is 17.9. The van der Waals surface area contributed by atoms with Crippen LogP contribution in [0.25, 0.3) is 0 Å². The highest BCUT2D eigenvalue weighted by Crippen LogP contribution is 2.23. The summed E-state index contributed by atoms with van der Waals surface area (Å²) in [6, 6.07) is 4.88. The summed E-state index contributed by atoms with van der Waals surface area (Å²) >= 11 is 0. The lowest BCUT2D eigenvalue weighted by molar-refractivity contribution is 0.399. The quantitative estimate of drug-likeness (QED) is 0.571. The Labute approximate surface area is 131 Å². The van der Waals surface area contributed by atoms with Crippen LogP contribution in [0.2, 0.25) is 0 Å². The first-order valence-electron chi connectivity index (χ1n) is 6.30. The molecule has 3 N–H and O–H groups in total. The Kier molecular flexibility index (Phi) is 34.8. The number of isocyanates is 2. The van der Waals surface area contributed by atoms with Crippen LogP contribution in [0.15, 0.2) is 28.2 Å². The number of aryl methyl sites for hydroxylation is 1. The van der Waals surface area contributed by atoms with Crippen molar-refractivity contribution in [2.45, 2.75) is 27.2 Å². The van der Waals surface area contributed by atoms with E-state index in [9.17, 15) is 9.59 Å². The molecule has 0 aromatic heterocycles. The van der Waals surface area contributed by atoms with Gasteiger partial charge in [-0.25, -0.2) is 9.59 Å². The Bertz CT molecular complexity index is 438. The summed E-state index contributed by atoms with van der Waals surface area (Å²) in [6.45, 7) is 6.05. The van der Waals surface area contributed by atoms with Crippen LogP contribution in [-0.4, -0.2) is 48.8 Å². The predicted octanol–water partition coefficient (Wildman–Crippen LogP) is 2.17. The van der Waals surface area contributed by atoms with Crippen LogP contribution in [0.1, 0.15) is 25.8 Å². The number of hydrogen-bond acceptors (Lipinski definition) is 7. The van der Waals surface area contributed by atoms with Crippen molar-refractivity contribution in [3.8, 4) is 0 Å². The van der Waals surface area contributed by atoms with Gasteiger partial charge in [-0.1, -0.05) is 26.3 Å². The van der Waals surface area contributed by atoms with Crippen LogP contribution in [0.5, 0.6) is 0 Å². The van der Waals surface area contributed by atoms with Crippen molar-refractivity contribution < 1.29 is 24.9 Å². The van der Waals surface area contributed by atoms with Gasteiger partial charge in [-0.2, -0.15) is 9.98 Å². The van der Waals surface area contributed by atoms with Gasteiger partial charge in [-0.3, -0.25) is 0 Å². The van der Waals surface area contributed by atoms with Gasteiger partial charge in [0.25, 0.3) is 0 Å². The summed E-state index contributed by atoms with van der Waals surface area (Å²) in [5.41, 5.74) is 1.72. The maximum atomic E-state index is 10.00. The number of nitrogens with zero attached hydrogens (tertiary/aromatic N) is 2. The number of benzene rings is 1. The standard InChI is InChI=1S/C9H6N2O2.C3H8.3CH4O/c1-7-2-3-8(10-5-12)4-9(7)11-6-13;1-3-2;3*1-2/h2-4H,1H3;3H2,1-2H3;3*2H,1H3. The lowest BCUT2D eigenvalue weighted by Gasteiger charge is -1.97. The van der Waals surface area contributed by atoms with Gasteiger partial charge in [0.1, 0.15) is 0 Å². The fraction of sp³-hybridized carbons (Fsp3) is 0.467. The van der Waals surface area contributed by atoms with E-state index in [0.29, 0.717) is 11.4 Å². The maximum absolute atomic E-state index is 10.00. The summed E-state index contributed by atoms with van der Waals surface area (Å²) < 4.78 is 0. The monoisotopic (exact) mass is 314 g/mol. The van der Waals surface area contributed by atoms with Gasteiger partial charge in [-0.05, 0) is 24.6 Å². The fourth-order valence-corrected chi connectivity index (χ4v) is 0.890. The van der Waals surface area contributed by atoms with E-state index >= 15 is 0 Å². The number of aliphatic imine (C=N–C) groups is 2. The Morgan fingerprint density at radius 1 is 0.909 bits per heavy atom. The fourth-order valence-electron chi connectivity index (χ4n) is 0.890. The molecule has 0 bridgehead atoms. The van der Waals surface area contributed by atoms with Gasteiger partial charge in [0, 0.05) is 21.3 Å². The Morgan fingerprint density at radius 2 is 1.32 bits per heavy atom. The van der Waals surface area contributed by atoms with Gasteiger partial charge in [0.2, 0.25) is 12.2 Å². The molecule has 0 fully saturated rings. The minimum atomic E-state index is 0.426. The van der Waals surface area contributed by atoms with Crippen LogP contribution in [0.3, 0.4) is 0 Å². The second kappa shape index (κ2) is 27.2. The molecule has 0 amide bonds. The van der Waals surface area contributed by atoms with E-state index < -0.39 is 0 Å². The highest BCUT2D eigenvalue weighted by atomic mass is 16.2. The summed E-state index contributed by atoms with van der Waals surface area (Å²) in [5, 5.41) is 21.0. The van der Waals surface area contributed by atoms with E-state index in [2.05, 4.69) is 23.8 Å². The average Bonchev–Trinajstić information content (AvgIpc) is 2.58. The Morgan fingerprint density at radius 3 is 1.68 bits per heavy atom. The van der Waals surface area contributed by atoms with Crippen molar-refractivity contribution in [3.63, 3.8) is 0 Å². The molecule has 0 aliphatic heterocycles. The largest absolute Gasteiger partial charge is 0.400 e. The Hall–Kier alpha value is -2.14.